The normalized spacial score (nSPS) is 26.0. The number of likely N-dealkylation sites (tertiary alicyclic amines) is 1. The van der Waals surface area contributed by atoms with E-state index in [1.54, 1.807) is 6.33 Å². The molecular formula is C32H36F3N7O. The molecule has 43 heavy (non-hydrogen) atoms. The molecular weight excluding hydrogens is 555 g/mol. The van der Waals surface area contributed by atoms with Gasteiger partial charge in [0.15, 0.2) is 0 Å². The van der Waals surface area contributed by atoms with Crippen LogP contribution in [0.25, 0.3) is 0 Å². The molecule has 2 saturated carbocycles. The summed E-state index contributed by atoms with van der Waals surface area (Å²) < 4.78 is 42.2. The first-order valence-corrected chi connectivity index (χ1v) is 15.2. The van der Waals surface area contributed by atoms with E-state index in [9.17, 15) is 18.0 Å². The highest BCUT2D eigenvalue weighted by Gasteiger charge is 2.46. The van der Waals surface area contributed by atoms with E-state index in [0.29, 0.717) is 49.7 Å². The molecule has 0 bridgehead atoms. The van der Waals surface area contributed by atoms with E-state index in [0.717, 1.165) is 54.0 Å². The molecule has 2 aliphatic carbocycles. The second-order valence-electron chi connectivity index (χ2n) is 13.0. The minimum Gasteiger partial charge on any atom is -0.321 e. The Morgan fingerprint density at radius 2 is 1.98 bits per heavy atom. The van der Waals surface area contributed by atoms with Crippen molar-refractivity contribution in [1.82, 2.24) is 24.6 Å². The van der Waals surface area contributed by atoms with E-state index in [1.165, 1.54) is 6.21 Å². The number of carbonyl (C=O) groups excluding carboxylic acids is 1. The molecule has 1 aromatic carbocycles. The highest BCUT2D eigenvalue weighted by molar-refractivity contribution is 6.10. The van der Waals surface area contributed by atoms with E-state index in [4.69, 9.17) is 10.4 Å². The maximum Gasteiger partial charge on any atom is 0.393 e. The van der Waals surface area contributed by atoms with Gasteiger partial charge in [-0.05, 0) is 81.0 Å². The number of fused-ring (bicyclic) bond motifs is 1. The Hall–Kier alpha value is -3.60. The SMILES string of the molecule is Cn1cnnc1CC1(c2cccc(N3Cc4c(cc(CN5CCC[C@H](C(F)(F)F)C5)nc4C4CC4)C3=O)c2)CC(C=N)C1. The maximum absolute atomic E-state index is 13.9. The lowest BCUT2D eigenvalue weighted by atomic mass is 9.57. The summed E-state index contributed by atoms with van der Waals surface area (Å²) in [5.41, 5.74) is 4.96. The predicted molar refractivity (Wildman–Crippen MR) is 155 cm³/mol. The molecule has 1 saturated heterocycles. The van der Waals surface area contributed by atoms with Crippen molar-refractivity contribution < 1.29 is 18.0 Å². The van der Waals surface area contributed by atoms with Crippen LogP contribution in [0.3, 0.4) is 0 Å². The number of hydrogen-bond donors (Lipinski definition) is 1. The van der Waals surface area contributed by atoms with Gasteiger partial charge in [0.25, 0.3) is 5.91 Å². The van der Waals surface area contributed by atoms with Crippen LogP contribution in [-0.2, 0) is 32.0 Å². The molecule has 0 radical (unpaired) electrons. The van der Waals surface area contributed by atoms with Gasteiger partial charge in [0.1, 0.15) is 12.2 Å². The number of nitrogens with zero attached hydrogens (tertiary/aromatic N) is 6. The fraction of sp³-hybridized carbons (Fsp3) is 0.531. The maximum atomic E-state index is 13.9. The van der Waals surface area contributed by atoms with Crippen molar-refractivity contribution in [3.8, 4) is 0 Å². The second-order valence-corrected chi connectivity index (χ2v) is 13.0. The third kappa shape index (κ3) is 5.25. The van der Waals surface area contributed by atoms with Crippen molar-refractivity contribution in [1.29, 1.82) is 5.41 Å². The Morgan fingerprint density at radius 3 is 2.67 bits per heavy atom. The summed E-state index contributed by atoms with van der Waals surface area (Å²) in [6.45, 7) is 1.34. The van der Waals surface area contributed by atoms with E-state index >= 15 is 0 Å². The van der Waals surface area contributed by atoms with Gasteiger partial charge >= 0.3 is 6.18 Å². The summed E-state index contributed by atoms with van der Waals surface area (Å²) in [5, 5.41) is 16.2. The fourth-order valence-corrected chi connectivity index (χ4v) is 7.38. The monoisotopic (exact) mass is 591 g/mol. The average molecular weight is 592 g/mol. The second kappa shape index (κ2) is 10.5. The van der Waals surface area contributed by atoms with Gasteiger partial charge < -0.3 is 14.9 Å². The summed E-state index contributed by atoms with van der Waals surface area (Å²) in [4.78, 5) is 22.6. The molecule has 2 aromatic heterocycles. The highest BCUT2D eigenvalue weighted by Crippen LogP contribution is 2.50. The van der Waals surface area contributed by atoms with Crippen LogP contribution in [-0.4, -0.2) is 56.0 Å². The zero-order valence-corrected chi connectivity index (χ0v) is 24.3. The van der Waals surface area contributed by atoms with Crippen molar-refractivity contribution in [2.75, 3.05) is 18.0 Å². The number of aromatic nitrogens is 4. The van der Waals surface area contributed by atoms with Gasteiger partial charge in [0.05, 0.1) is 18.2 Å². The third-order valence-corrected chi connectivity index (χ3v) is 9.93. The number of pyridine rings is 1. The quantitative estimate of drug-likeness (QED) is 0.347. The van der Waals surface area contributed by atoms with Crippen molar-refractivity contribution in [3.63, 3.8) is 0 Å². The number of hydrogen-bond acceptors (Lipinski definition) is 6. The molecule has 4 aliphatic rings. The summed E-state index contributed by atoms with van der Waals surface area (Å²) in [5.74, 6) is 0.00962. The number of aryl methyl sites for hydroxylation is 1. The van der Waals surface area contributed by atoms with Crippen LogP contribution in [0.5, 0.6) is 0 Å². The molecule has 0 unspecified atom stereocenters. The number of alkyl halides is 3. The number of benzene rings is 1. The first-order valence-electron chi connectivity index (χ1n) is 15.2. The predicted octanol–water partition coefficient (Wildman–Crippen LogP) is 5.56. The van der Waals surface area contributed by atoms with E-state index in [2.05, 4.69) is 22.3 Å². The standard InChI is InChI=1S/C32H36F3N7O/c1-40-19-37-39-28(40)14-31(12-20(13-31)15-36)22-4-2-6-25(10-22)42-18-27-26(30(42)43)11-24(38-29(27)21-7-8-21)17-41-9-3-5-23(16-41)32(33,34)35/h2,4,6,10-11,15,19-21,23,36H,3,5,7-9,12-14,16-18H2,1H3/t20?,23-,31?/m0/s1. The van der Waals surface area contributed by atoms with Gasteiger partial charge in [-0.3, -0.25) is 14.7 Å². The van der Waals surface area contributed by atoms with Gasteiger partial charge in [0.2, 0.25) is 0 Å². The summed E-state index contributed by atoms with van der Waals surface area (Å²) in [6, 6.07) is 10.00. The topological polar surface area (TPSA) is 91.0 Å². The molecule has 226 valence electrons. The lowest BCUT2D eigenvalue weighted by Gasteiger charge is -2.47. The Morgan fingerprint density at radius 1 is 1.16 bits per heavy atom. The molecule has 1 atom stereocenters. The van der Waals surface area contributed by atoms with Gasteiger partial charge in [-0.25, -0.2) is 0 Å². The summed E-state index contributed by atoms with van der Waals surface area (Å²) in [7, 11) is 1.94. The van der Waals surface area contributed by atoms with Crippen molar-refractivity contribution in [2.24, 2.45) is 18.9 Å². The van der Waals surface area contributed by atoms with Gasteiger partial charge in [-0.15, -0.1) is 10.2 Å². The smallest absolute Gasteiger partial charge is 0.321 e. The highest BCUT2D eigenvalue weighted by atomic mass is 19.4. The lowest BCUT2D eigenvalue weighted by molar-refractivity contribution is -0.187. The van der Waals surface area contributed by atoms with Crippen LogP contribution in [0, 0.1) is 17.2 Å². The first-order chi connectivity index (χ1) is 20.6. The zero-order chi connectivity index (χ0) is 29.9. The molecule has 8 nitrogen and oxygen atoms in total. The first kappa shape index (κ1) is 28.2. The van der Waals surface area contributed by atoms with Crippen LogP contribution < -0.4 is 4.90 Å². The largest absolute Gasteiger partial charge is 0.393 e. The molecule has 2 aliphatic heterocycles. The van der Waals surface area contributed by atoms with Crippen molar-refractivity contribution in [3.05, 3.63) is 70.6 Å². The van der Waals surface area contributed by atoms with Crippen LogP contribution in [0.2, 0.25) is 0 Å². The zero-order valence-electron chi connectivity index (χ0n) is 24.3. The van der Waals surface area contributed by atoms with Gasteiger partial charge in [-0.2, -0.15) is 13.2 Å². The molecule has 0 spiro atoms. The Balaban J connectivity index is 1.16. The lowest BCUT2D eigenvalue weighted by Crippen LogP contribution is -2.44. The van der Waals surface area contributed by atoms with Crippen LogP contribution in [0.1, 0.15) is 83.1 Å². The number of halogens is 3. The number of nitrogens with one attached hydrogen (secondary N) is 1. The molecule has 7 rings (SSSR count). The Labute approximate surface area is 248 Å². The van der Waals surface area contributed by atoms with Gasteiger partial charge in [0, 0.05) is 60.4 Å². The molecule has 11 heteroatoms. The summed E-state index contributed by atoms with van der Waals surface area (Å²) >= 11 is 0. The number of piperidine rings is 1. The minimum absolute atomic E-state index is 0.0250. The Bertz CT molecular complexity index is 1560. The van der Waals surface area contributed by atoms with Crippen LogP contribution >= 0.6 is 0 Å². The average Bonchev–Trinajstić information content (AvgIpc) is 3.66. The fourth-order valence-electron chi connectivity index (χ4n) is 7.38. The number of anilines is 1. The third-order valence-electron chi connectivity index (χ3n) is 9.93. The van der Waals surface area contributed by atoms with Gasteiger partial charge in [-0.1, -0.05) is 12.1 Å². The molecule has 4 heterocycles. The molecule has 3 fully saturated rings. The minimum atomic E-state index is -4.19. The molecule has 1 N–H and O–H groups in total. The van der Waals surface area contributed by atoms with Crippen molar-refractivity contribution in [2.45, 2.75) is 75.5 Å². The van der Waals surface area contributed by atoms with E-state index in [1.807, 2.05) is 39.6 Å². The van der Waals surface area contributed by atoms with E-state index < -0.39 is 12.1 Å². The molecule has 3 aromatic rings. The molecule has 1 amide bonds. The summed E-state index contributed by atoms with van der Waals surface area (Å²) in [6.07, 6.45) is 4.12. The van der Waals surface area contributed by atoms with Crippen LogP contribution in [0.15, 0.2) is 36.7 Å². The number of rotatable bonds is 8. The number of amides is 1. The number of carbonyl (C=O) groups is 1. The van der Waals surface area contributed by atoms with Crippen LogP contribution in [0.4, 0.5) is 18.9 Å². The Kier molecular flexibility index (Phi) is 6.91. The van der Waals surface area contributed by atoms with E-state index in [-0.39, 0.29) is 30.2 Å². The van der Waals surface area contributed by atoms with Crippen molar-refractivity contribution >= 4 is 17.8 Å².